The second kappa shape index (κ2) is 10.3. The first-order valence-corrected chi connectivity index (χ1v) is 12.6. The third kappa shape index (κ3) is 5.56. The Morgan fingerprint density at radius 1 is 1.18 bits per heavy atom. The summed E-state index contributed by atoms with van der Waals surface area (Å²) < 4.78 is 44.5. The van der Waals surface area contributed by atoms with E-state index in [2.05, 4.69) is 25.4 Å². The smallest absolute Gasteiger partial charge is 0.408 e. The molecule has 0 radical (unpaired) electrons. The van der Waals surface area contributed by atoms with E-state index in [-0.39, 0.29) is 29.5 Å². The largest absolute Gasteiger partial charge is 0.494 e. The van der Waals surface area contributed by atoms with Gasteiger partial charge in [0, 0.05) is 29.2 Å². The summed E-state index contributed by atoms with van der Waals surface area (Å²) in [5.41, 5.74) is 2.42. The molecule has 0 fully saturated rings. The van der Waals surface area contributed by atoms with E-state index in [0.29, 0.717) is 43.0 Å². The Balaban J connectivity index is 1.33. The van der Waals surface area contributed by atoms with Crippen LogP contribution in [0.15, 0.2) is 36.8 Å². The van der Waals surface area contributed by atoms with Gasteiger partial charge in [0.1, 0.15) is 23.1 Å². The minimum absolute atomic E-state index is 0.0851. The van der Waals surface area contributed by atoms with Crippen LogP contribution in [0.25, 0.3) is 11.1 Å². The first-order chi connectivity index (χ1) is 18.5. The Morgan fingerprint density at radius 3 is 2.69 bits per heavy atom. The van der Waals surface area contributed by atoms with E-state index >= 15 is 0 Å². The van der Waals surface area contributed by atoms with E-state index in [4.69, 9.17) is 16.3 Å². The van der Waals surface area contributed by atoms with Crippen LogP contribution in [0.1, 0.15) is 37.1 Å². The zero-order valence-electron chi connectivity index (χ0n) is 20.4. The molecule has 1 N–H and O–H groups in total. The summed E-state index contributed by atoms with van der Waals surface area (Å²) in [6.45, 7) is 0.651. The fraction of sp³-hybridized carbons (Fsp3) is 0.250. The van der Waals surface area contributed by atoms with Crippen molar-refractivity contribution in [3.8, 4) is 16.9 Å². The van der Waals surface area contributed by atoms with Gasteiger partial charge in [-0.1, -0.05) is 22.9 Å². The number of halogens is 4. The van der Waals surface area contributed by atoms with Crippen molar-refractivity contribution in [2.24, 2.45) is 0 Å². The molecular formula is C24H19ClF3N7O3S. The number of rotatable bonds is 6. The zero-order chi connectivity index (χ0) is 27.9. The van der Waals surface area contributed by atoms with Crippen LogP contribution in [0.2, 0.25) is 5.15 Å². The molecule has 39 heavy (non-hydrogen) atoms. The first-order valence-electron chi connectivity index (χ1n) is 11.4. The molecule has 5 heterocycles. The number of hydrogen-bond donors (Lipinski definition) is 1. The van der Waals surface area contributed by atoms with E-state index in [1.807, 2.05) is 0 Å². The Hall–Kier alpha value is -4.04. The molecule has 0 bridgehead atoms. The topological polar surface area (TPSA) is 115 Å². The molecule has 15 heteroatoms. The van der Waals surface area contributed by atoms with Crippen molar-refractivity contribution in [2.75, 3.05) is 12.4 Å². The molecule has 0 spiro atoms. The third-order valence-corrected chi connectivity index (χ3v) is 7.06. The van der Waals surface area contributed by atoms with Crippen LogP contribution in [0, 0.1) is 6.92 Å². The number of amides is 2. The summed E-state index contributed by atoms with van der Waals surface area (Å²) in [6, 6.07) is 4.58. The standard InChI is InChI=1S/C24H19ClF3N7O3S/c1-12-5-13(14-6-20(25)30-8-18(14)38-2)15(7-29-12)21(36)33-23-32-16-9-34(10-19(16)39-23)22(37)17-3-4-31-35(17)11-24(26,27)28/h3-8H,9-11H2,1-2H3,(H,32,33,36). The van der Waals surface area contributed by atoms with Crippen LogP contribution < -0.4 is 10.1 Å². The molecule has 4 aromatic rings. The van der Waals surface area contributed by atoms with Crippen LogP contribution in [0.5, 0.6) is 5.75 Å². The number of ether oxygens (including phenoxy) is 1. The number of pyridine rings is 2. The number of aromatic nitrogens is 5. The number of anilines is 1. The van der Waals surface area contributed by atoms with Gasteiger partial charge in [0.25, 0.3) is 11.8 Å². The Bertz CT molecular complexity index is 1560. The van der Waals surface area contributed by atoms with Crippen molar-refractivity contribution < 1.29 is 27.5 Å². The van der Waals surface area contributed by atoms with E-state index in [1.54, 1.807) is 19.1 Å². The normalized spacial score (nSPS) is 12.9. The van der Waals surface area contributed by atoms with E-state index in [1.165, 1.54) is 41.8 Å². The maximum absolute atomic E-state index is 13.3. The number of methoxy groups -OCH3 is 1. The molecule has 0 atom stereocenters. The van der Waals surface area contributed by atoms with Gasteiger partial charge in [-0.3, -0.25) is 24.6 Å². The van der Waals surface area contributed by atoms with E-state index in [0.717, 1.165) is 6.20 Å². The maximum atomic E-state index is 13.3. The van der Waals surface area contributed by atoms with Gasteiger partial charge in [-0.15, -0.1) is 0 Å². The van der Waals surface area contributed by atoms with Crippen LogP contribution in [-0.2, 0) is 19.6 Å². The quantitative estimate of drug-likeness (QED) is 0.329. The molecule has 0 aromatic carbocycles. The van der Waals surface area contributed by atoms with E-state index in [9.17, 15) is 22.8 Å². The summed E-state index contributed by atoms with van der Waals surface area (Å²) in [5, 5.41) is 6.93. The average molecular weight is 578 g/mol. The zero-order valence-corrected chi connectivity index (χ0v) is 22.0. The predicted molar refractivity (Wildman–Crippen MR) is 136 cm³/mol. The summed E-state index contributed by atoms with van der Waals surface area (Å²) in [6.07, 6.45) is -0.454. The Kier molecular flexibility index (Phi) is 6.99. The predicted octanol–water partition coefficient (Wildman–Crippen LogP) is 4.74. The lowest BCUT2D eigenvalue weighted by Gasteiger charge is -2.17. The molecule has 0 saturated heterocycles. The van der Waals surface area contributed by atoms with E-state index < -0.39 is 24.5 Å². The minimum atomic E-state index is -4.51. The molecule has 2 amide bonds. The molecule has 0 saturated carbocycles. The molecular weight excluding hydrogens is 559 g/mol. The van der Waals surface area contributed by atoms with Gasteiger partial charge in [0.05, 0.1) is 42.5 Å². The second-order valence-corrected chi connectivity index (χ2v) is 10.0. The van der Waals surface area contributed by atoms with Gasteiger partial charge in [-0.25, -0.2) is 9.97 Å². The van der Waals surface area contributed by atoms with Gasteiger partial charge in [0.2, 0.25) is 0 Å². The molecule has 4 aromatic heterocycles. The number of thiazole rings is 1. The Morgan fingerprint density at radius 2 is 1.97 bits per heavy atom. The molecule has 5 rings (SSSR count). The highest BCUT2D eigenvalue weighted by atomic mass is 35.5. The maximum Gasteiger partial charge on any atom is 0.408 e. The van der Waals surface area contributed by atoms with Crippen molar-refractivity contribution in [1.82, 2.24) is 29.6 Å². The highest BCUT2D eigenvalue weighted by Gasteiger charge is 2.34. The van der Waals surface area contributed by atoms with Crippen molar-refractivity contribution in [3.05, 3.63) is 69.5 Å². The van der Waals surface area contributed by atoms with Gasteiger partial charge < -0.3 is 9.64 Å². The summed E-state index contributed by atoms with van der Waals surface area (Å²) in [4.78, 5) is 40.9. The van der Waals surface area contributed by atoms with Crippen LogP contribution in [0.3, 0.4) is 0 Å². The number of nitrogens with one attached hydrogen (secondary N) is 1. The lowest BCUT2D eigenvalue weighted by atomic mass is 10.0. The number of fused-ring (bicyclic) bond motifs is 1. The van der Waals surface area contributed by atoms with Crippen LogP contribution in [0.4, 0.5) is 18.3 Å². The lowest BCUT2D eigenvalue weighted by Crippen LogP contribution is -2.30. The van der Waals surface area contributed by atoms with Crippen molar-refractivity contribution >= 4 is 39.9 Å². The first kappa shape index (κ1) is 26.6. The SMILES string of the molecule is COc1cnc(Cl)cc1-c1cc(C)ncc1C(=O)Nc1nc2c(s1)CN(C(=O)c1ccnn1CC(F)(F)F)C2. The highest BCUT2D eigenvalue weighted by Crippen LogP contribution is 2.35. The monoisotopic (exact) mass is 577 g/mol. The molecule has 0 aliphatic carbocycles. The number of nitrogens with zero attached hydrogens (tertiary/aromatic N) is 6. The molecule has 10 nitrogen and oxygen atoms in total. The number of carbonyl (C=O) groups is 2. The lowest BCUT2D eigenvalue weighted by molar-refractivity contribution is -0.142. The third-order valence-electron chi connectivity index (χ3n) is 5.86. The number of carbonyl (C=O) groups excluding carboxylic acids is 2. The minimum Gasteiger partial charge on any atom is -0.494 e. The fourth-order valence-electron chi connectivity index (χ4n) is 4.13. The number of alkyl halides is 3. The van der Waals surface area contributed by atoms with Gasteiger partial charge in [-0.2, -0.15) is 18.3 Å². The molecule has 1 aliphatic heterocycles. The van der Waals surface area contributed by atoms with Gasteiger partial charge in [-0.05, 0) is 25.1 Å². The number of hydrogen-bond acceptors (Lipinski definition) is 8. The number of aryl methyl sites for hydroxylation is 1. The fourth-order valence-corrected chi connectivity index (χ4v) is 5.27. The van der Waals surface area contributed by atoms with Gasteiger partial charge >= 0.3 is 6.18 Å². The molecule has 1 aliphatic rings. The van der Waals surface area contributed by atoms with Crippen molar-refractivity contribution in [2.45, 2.75) is 32.7 Å². The van der Waals surface area contributed by atoms with Crippen LogP contribution in [-0.4, -0.2) is 54.7 Å². The van der Waals surface area contributed by atoms with Crippen molar-refractivity contribution in [1.29, 1.82) is 0 Å². The summed E-state index contributed by atoms with van der Waals surface area (Å²) in [5.74, 6) is -0.634. The van der Waals surface area contributed by atoms with Crippen LogP contribution >= 0.6 is 22.9 Å². The summed E-state index contributed by atoms with van der Waals surface area (Å²) in [7, 11) is 1.48. The van der Waals surface area contributed by atoms with Gasteiger partial charge in [0.15, 0.2) is 5.13 Å². The molecule has 202 valence electrons. The second-order valence-electron chi connectivity index (χ2n) is 8.57. The summed E-state index contributed by atoms with van der Waals surface area (Å²) >= 11 is 7.27. The van der Waals surface area contributed by atoms with Crippen molar-refractivity contribution in [3.63, 3.8) is 0 Å². The average Bonchev–Trinajstić information content (AvgIpc) is 3.57. The molecule has 0 unspecified atom stereocenters. The Labute approximate surface area is 228 Å². The highest BCUT2D eigenvalue weighted by molar-refractivity contribution is 7.16.